The molecule has 0 saturated carbocycles. The molecule has 1 saturated heterocycles. The van der Waals surface area contributed by atoms with Gasteiger partial charge in [-0.15, -0.1) is 0 Å². The number of imide groups is 1. The zero-order valence-corrected chi connectivity index (χ0v) is 15.7. The van der Waals surface area contributed by atoms with Crippen LogP contribution < -0.4 is 15.5 Å². The van der Waals surface area contributed by atoms with E-state index in [1.54, 1.807) is 23.1 Å². The van der Waals surface area contributed by atoms with Crippen LogP contribution in [-0.4, -0.2) is 55.2 Å². The Hall–Kier alpha value is -3.23. The maximum Gasteiger partial charge on any atom is 0.259 e. The summed E-state index contributed by atoms with van der Waals surface area (Å²) in [6, 6.07) is 12.4. The van der Waals surface area contributed by atoms with Crippen molar-refractivity contribution in [3.63, 3.8) is 0 Å². The summed E-state index contributed by atoms with van der Waals surface area (Å²) in [7, 11) is 0. The molecule has 8 nitrogen and oxygen atoms in total. The Labute approximate surface area is 167 Å². The van der Waals surface area contributed by atoms with E-state index >= 15 is 0 Å². The number of aliphatic hydroxyl groups is 1. The van der Waals surface area contributed by atoms with Crippen molar-refractivity contribution in [2.75, 3.05) is 36.5 Å². The maximum absolute atomic E-state index is 12.0. The van der Waals surface area contributed by atoms with Crippen molar-refractivity contribution < 1.29 is 24.2 Å². The molecule has 3 N–H and O–H groups in total. The number of amides is 3. The number of hydrogen-bond donors (Lipinski definition) is 3. The normalized spacial score (nSPS) is 17.1. The number of nitrogens with one attached hydrogen (secondary N) is 2. The van der Waals surface area contributed by atoms with E-state index in [4.69, 9.17) is 4.74 Å². The summed E-state index contributed by atoms with van der Waals surface area (Å²) in [5.41, 5.74) is 2.94. The van der Waals surface area contributed by atoms with E-state index in [0.717, 1.165) is 11.4 Å². The van der Waals surface area contributed by atoms with Gasteiger partial charge in [-0.05, 0) is 35.9 Å². The second kappa shape index (κ2) is 8.02. The summed E-state index contributed by atoms with van der Waals surface area (Å²) in [5, 5.41) is 15.8. The lowest BCUT2D eigenvalue weighted by Crippen LogP contribution is -2.41. The Morgan fingerprint density at radius 1 is 1.10 bits per heavy atom. The molecule has 2 heterocycles. The molecule has 2 aliphatic heterocycles. The van der Waals surface area contributed by atoms with E-state index < -0.39 is 17.9 Å². The Bertz CT molecular complexity index is 957. The summed E-state index contributed by atoms with van der Waals surface area (Å²) in [6.07, 6.45) is -0.498. The molecule has 0 aromatic heterocycles. The average Bonchev–Trinajstić information content (AvgIpc) is 3.02. The van der Waals surface area contributed by atoms with Crippen molar-refractivity contribution in [3.8, 4) is 0 Å². The van der Waals surface area contributed by atoms with Crippen LogP contribution in [0.5, 0.6) is 0 Å². The van der Waals surface area contributed by atoms with Crippen molar-refractivity contribution in [2.45, 2.75) is 12.5 Å². The van der Waals surface area contributed by atoms with Crippen LogP contribution in [0.1, 0.15) is 26.3 Å². The highest BCUT2D eigenvalue weighted by Crippen LogP contribution is 2.22. The van der Waals surface area contributed by atoms with Gasteiger partial charge >= 0.3 is 0 Å². The van der Waals surface area contributed by atoms with Crippen LogP contribution in [0.25, 0.3) is 0 Å². The number of rotatable bonds is 6. The summed E-state index contributed by atoms with van der Waals surface area (Å²) >= 11 is 0. The quantitative estimate of drug-likeness (QED) is 0.629. The minimum Gasteiger partial charge on any atom is -0.391 e. The van der Waals surface area contributed by atoms with Crippen LogP contribution >= 0.6 is 0 Å². The lowest BCUT2D eigenvalue weighted by Gasteiger charge is -2.27. The Kier molecular flexibility index (Phi) is 5.28. The zero-order chi connectivity index (χ0) is 20.4. The summed E-state index contributed by atoms with van der Waals surface area (Å²) in [4.78, 5) is 37.3. The molecule has 2 aromatic rings. The topological polar surface area (TPSA) is 108 Å². The Morgan fingerprint density at radius 2 is 1.90 bits per heavy atom. The third kappa shape index (κ3) is 3.98. The first-order chi connectivity index (χ1) is 14.0. The molecular weight excluding hydrogens is 374 g/mol. The van der Waals surface area contributed by atoms with Gasteiger partial charge in [-0.3, -0.25) is 19.7 Å². The first-order valence-electron chi connectivity index (χ1n) is 9.40. The molecule has 3 amide bonds. The molecule has 29 heavy (non-hydrogen) atoms. The lowest BCUT2D eigenvalue weighted by molar-refractivity contribution is -0.125. The third-order valence-corrected chi connectivity index (χ3v) is 5.01. The first-order valence-corrected chi connectivity index (χ1v) is 9.40. The Balaban J connectivity index is 1.36. The lowest BCUT2D eigenvalue weighted by atomic mass is 9.98. The average molecular weight is 395 g/mol. The number of carbonyl (C=O) groups is 3. The summed E-state index contributed by atoms with van der Waals surface area (Å²) in [5.74, 6) is -0.891. The van der Waals surface area contributed by atoms with Gasteiger partial charge in [-0.1, -0.05) is 12.1 Å². The van der Waals surface area contributed by atoms with Crippen molar-refractivity contribution in [2.24, 2.45) is 0 Å². The van der Waals surface area contributed by atoms with Crippen molar-refractivity contribution in [1.82, 2.24) is 5.32 Å². The first kappa shape index (κ1) is 19.1. The minimum atomic E-state index is -0.745. The molecule has 0 bridgehead atoms. The van der Waals surface area contributed by atoms with Crippen LogP contribution in [0.2, 0.25) is 0 Å². The molecule has 0 aliphatic carbocycles. The number of anilines is 2. The molecule has 2 aliphatic rings. The van der Waals surface area contributed by atoms with Gasteiger partial charge in [-0.2, -0.15) is 0 Å². The number of benzene rings is 2. The van der Waals surface area contributed by atoms with E-state index in [0.29, 0.717) is 29.8 Å². The van der Waals surface area contributed by atoms with Gasteiger partial charge in [-0.25, -0.2) is 0 Å². The fraction of sp³-hybridized carbons (Fsp3) is 0.286. The fourth-order valence-electron chi connectivity index (χ4n) is 3.57. The molecule has 1 atom stereocenters. The number of aliphatic hydroxyl groups excluding tert-OH is 1. The number of hydrogen-bond acceptors (Lipinski definition) is 6. The highest BCUT2D eigenvalue weighted by Gasteiger charge is 2.29. The predicted octanol–water partition coefficient (Wildman–Crippen LogP) is 0.949. The summed E-state index contributed by atoms with van der Waals surface area (Å²) < 4.78 is 5.14. The smallest absolute Gasteiger partial charge is 0.259 e. The molecular formula is C21H21N3O5. The van der Waals surface area contributed by atoms with Gasteiger partial charge in [0.05, 0.1) is 23.8 Å². The van der Waals surface area contributed by atoms with E-state index in [2.05, 4.69) is 10.6 Å². The molecule has 4 rings (SSSR count). The second-order valence-corrected chi connectivity index (χ2v) is 7.01. The number of fused-ring (bicyclic) bond motifs is 1. The van der Waals surface area contributed by atoms with Crippen molar-refractivity contribution >= 4 is 29.1 Å². The number of nitrogens with zero attached hydrogens (tertiary/aromatic N) is 1. The summed E-state index contributed by atoms with van der Waals surface area (Å²) in [6.45, 7) is 1.42. The number of carbonyl (C=O) groups excluding carboxylic acids is 3. The molecule has 150 valence electrons. The minimum absolute atomic E-state index is 0.0645. The third-order valence-electron chi connectivity index (χ3n) is 5.01. The highest BCUT2D eigenvalue weighted by atomic mass is 16.5. The largest absolute Gasteiger partial charge is 0.391 e. The molecule has 0 spiro atoms. The van der Waals surface area contributed by atoms with Crippen LogP contribution in [0.15, 0.2) is 42.5 Å². The standard InChI is InChI=1S/C21H21N3O5/c25-16(10-13-2-1-3-17-19(13)21(28)23-20(17)27)11-22-14-4-6-15(7-5-14)24-8-9-29-12-18(24)26/h1-7,16,22,25H,8-12H2,(H,23,27,28)/t16-/m1/s1. The molecule has 1 fully saturated rings. The van der Waals surface area contributed by atoms with Crippen LogP contribution in [0.4, 0.5) is 11.4 Å². The maximum atomic E-state index is 12.0. The number of ether oxygens (including phenoxy) is 1. The van der Waals surface area contributed by atoms with Gasteiger partial charge < -0.3 is 20.1 Å². The predicted molar refractivity (Wildman–Crippen MR) is 106 cm³/mol. The fourth-order valence-corrected chi connectivity index (χ4v) is 3.57. The van der Waals surface area contributed by atoms with Gasteiger partial charge in [0.15, 0.2) is 0 Å². The molecule has 8 heteroatoms. The van der Waals surface area contributed by atoms with Gasteiger partial charge in [0.25, 0.3) is 17.7 Å². The van der Waals surface area contributed by atoms with E-state index in [1.807, 2.05) is 24.3 Å². The SMILES string of the molecule is O=C1NC(=O)c2c(C[C@@H](O)CNc3ccc(N4CCOCC4=O)cc3)cccc21. The van der Waals surface area contributed by atoms with E-state index in [1.165, 1.54) is 0 Å². The van der Waals surface area contributed by atoms with Crippen LogP contribution in [0.3, 0.4) is 0 Å². The molecule has 0 radical (unpaired) electrons. The van der Waals surface area contributed by atoms with E-state index in [-0.39, 0.29) is 25.5 Å². The zero-order valence-electron chi connectivity index (χ0n) is 15.7. The van der Waals surface area contributed by atoms with Crippen molar-refractivity contribution in [1.29, 1.82) is 0 Å². The second-order valence-electron chi connectivity index (χ2n) is 7.01. The van der Waals surface area contributed by atoms with Gasteiger partial charge in [0.1, 0.15) is 6.61 Å². The Morgan fingerprint density at radius 3 is 2.66 bits per heavy atom. The van der Waals surface area contributed by atoms with Crippen LogP contribution in [0, 0.1) is 0 Å². The highest BCUT2D eigenvalue weighted by molar-refractivity contribution is 6.22. The van der Waals surface area contributed by atoms with Crippen LogP contribution in [-0.2, 0) is 16.0 Å². The monoisotopic (exact) mass is 395 g/mol. The van der Waals surface area contributed by atoms with E-state index in [9.17, 15) is 19.5 Å². The number of morpholine rings is 1. The molecule has 2 aromatic carbocycles. The van der Waals surface area contributed by atoms with Crippen molar-refractivity contribution in [3.05, 3.63) is 59.2 Å². The molecule has 0 unspecified atom stereocenters. The van der Waals surface area contributed by atoms with Gasteiger partial charge in [0.2, 0.25) is 0 Å². The van der Waals surface area contributed by atoms with Gasteiger partial charge in [0, 0.05) is 30.9 Å².